The first-order valence-corrected chi connectivity index (χ1v) is 7.32. The van der Waals surface area contributed by atoms with Crippen LogP contribution in [0.4, 0.5) is 0 Å². The summed E-state index contributed by atoms with van der Waals surface area (Å²) in [6.07, 6.45) is 1.10. The molecule has 4 nitrogen and oxygen atoms in total. The van der Waals surface area contributed by atoms with Crippen LogP contribution in [0.25, 0.3) is 0 Å². The molecule has 0 fully saturated rings. The number of nitrogens with one attached hydrogen (secondary N) is 1. The fraction of sp³-hybridized carbons (Fsp3) is 0.625. The van der Waals surface area contributed by atoms with Crippen molar-refractivity contribution in [2.75, 3.05) is 26.9 Å². The van der Waals surface area contributed by atoms with Crippen molar-refractivity contribution < 1.29 is 14.2 Å². The Bertz CT molecular complexity index is 382. The molecule has 1 rings (SSSR count). The smallest absolute Gasteiger partial charge is 0.165 e. The van der Waals surface area contributed by atoms with Gasteiger partial charge in [0.1, 0.15) is 6.61 Å². The van der Waals surface area contributed by atoms with Gasteiger partial charge < -0.3 is 19.5 Å². The maximum absolute atomic E-state index is 5.84. The van der Waals surface area contributed by atoms with E-state index in [-0.39, 0.29) is 0 Å². The van der Waals surface area contributed by atoms with Crippen molar-refractivity contribution >= 4 is 0 Å². The minimum absolute atomic E-state index is 0.484. The van der Waals surface area contributed by atoms with Gasteiger partial charge in [0.2, 0.25) is 0 Å². The van der Waals surface area contributed by atoms with Gasteiger partial charge in [0.15, 0.2) is 11.5 Å². The lowest BCUT2D eigenvalue weighted by Crippen LogP contribution is -2.24. The van der Waals surface area contributed by atoms with Gasteiger partial charge in [-0.05, 0) is 26.3 Å². The van der Waals surface area contributed by atoms with Gasteiger partial charge in [0.25, 0.3) is 0 Å². The summed E-state index contributed by atoms with van der Waals surface area (Å²) in [6, 6.07) is 6.45. The van der Waals surface area contributed by atoms with Crippen LogP contribution >= 0.6 is 0 Å². The van der Waals surface area contributed by atoms with Crippen LogP contribution in [0.15, 0.2) is 18.2 Å². The third-order valence-electron chi connectivity index (χ3n) is 3.21. The quantitative estimate of drug-likeness (QED) is 0.669. The second-order valence-corrected chi connectivity index (χ2v) is 4.68. The molecule has 1 unspecified atom stereocenters. The fourth-order valence-electron chi connectivity index (χ4n) is 1.80. The number of para-hydroxylation sites is 1. The predicted molar refractivity (Wildman–Crippen MR) is 81.6 cm³/mol. The Labute approximate surface area is 122 Å². The van der Waals surface area contributed by atoms with E-state index in [1.165, 1.54) is 0 Å². The highest BCUT2D eigenvalue weighted by molar-refractivity contribution is 5.46. The molecule has 0 saturated carbocycles. The summed E-state index contributed by atoms with van der Waals surface area (Å²) in [7, 11) is 1.66. The molecular formula is C16H27NO3. The normalized spacial score (nSPS) is 12.2. The molecule has 0 radical (unpaired) electrons. The molecule has 4 heteroatoms. The van der Waals surface area contributed by atoms with Crippen molar-refractivity contribution in [3.05, 3.63) is 23.8 Å². The molecule has 0 bridgehead atoms. The van der Waals surface area contributed by atoms with E-state index in [1.807, 2.05) is 19.1 Å². The molecule has 0 aliphatic rings. The standard InChI is InChI=1S/C16H27NO3/c1-5-13(3)17-12-14-8-7-9-15(18-4)16(14)20-11-10-19-6-2/h7-9,13,17H,5-6,10-12H2,1-4H3. The minimum atomic E-state index is 0.484. The third kappa shape index (κ3) is 5.39. The van der Waals surface area contributed by atoms with E-state index in [9.17, 15) is 0 Å². The highest BCUT2D eigenvalue weighted by Crippen LogP contribution is 2.31. The number of methoxy groups -OCH3 is 1. The van der Waals surface area contributed by atoms with Crippen molar-refractivity contribution in [1.82, 2.24) is 5.32 Å². The lowest BCUT2D eigenvalue weighted by molar-refractivity contribution is 0.108. The van der Waals surface area contributed by atoms with Crippen molar-refractivity contribution in [3.8, 4) is 11.5 Å². The predicted octanol–water partition coefficient (Wildman–Crippen LogP) is 3.00. The fourth-order valence-corrected chi connectivity index (χ4v) is 1.80. The average Bonchev–Trinajstić information content (AvgIpc) is 2.49. The Morgan fingerprint density at radius 1 is 1.20 bits per heavy atom. The number of hydrogen-bond acceptors (Lipinski definition) is 4. The molecule has 0 spiro atoms. The Hall–Kier alpha value is -1.26. The summed E-state index contributed by atoms with van der Waals surface area (Å²) in [5.41, 5.74) is 1.11. The molecular weight excluding hydrogens is 254 g/mol. The molecule has 0 aromatic heterocycles. The lowest BCUT2D eigenvalue weighted by Gasteiger charge is -2.17. The van der Waals surface area contributed by atoms with Crippen molar-refractivity contribution in [3.63, 3.8) is 0 Å². The van der Waals surface area contributed by atoms with E-state index < -0.39 is 0 Å². The van der Waals surface area contributed by atoms with Gasteiger partial charge in [-0.25, -0.2) is 0 Å². The van der Waals surface area contributed by atoms with E-state index in [4.69, 9.17) is 14.2 Å². The second-order valence-electron chi connectivity index (χ2n) is 4.68. The molecule has 114 valence electrons. The van der Waals surface area contributed by atoms with Gasteiger partial charge in [-0.1, -0.05) is 19.1 Å². The summed E-state index contributed by atoms with van der Waals surface area (Å²) < 4.78 is 16.5. The molecule has 0 saturated heterocycles. The number of ether oxygens (including phenoxy) is 3. The van der Waals surface area contributed by atoms with Crippen LogP contribution in [-0.2, 0) is 11.3 Å². The number of rotatable bonds is 10. The first-order chi connectivity index (χ1) is 9.72. The second kappa shape index (κ2) is 9.61. The zero-order chi connectivity index (χ0) is 14.8. The van der Waals surface area contributed by atoms with Crippen molar-refractivity contribution in [1.29, 1.82) is 0 Å². The van der Waals surface area contributed by atoms with Crippen molar-refractivity contribution in [2.24, 2.45) is 0 Å². The van der Waals surface area contributed by atoms with E-state index in [0.717, 1.165) is 30.0 Å². The zero-order valence-electron chi connectivity index (χ0n) is 13.1. The van der Waals surface area contributed by atoms with Gasteiger partial charge in [-0.15, -0.1) is 0 Å². The van der Waals surface area contributed by atoms with E-state index in [2.05, 4.69) is 25.2 Å². The van der Waals surface area contributed by atoms with E-state index >= 15 is 0 Å². The SMILES string of the molecule is CCOCCOc1c(CNC(C)CC)cccc1OC. The monoisotopic (exact) mass is 281 g/mol. The average molecular weight is 281 g/mol. The highest BCUT2D eigenvalue weighted by Gasteiger charge is 2.11. The first-order valence-electron chi connectivity index (χ1n) is 7.32. The summed E-state index contributed by atoms with van der Waals surface area (Å²) in [6.45, 7) is 8.92. The van der Waals surface area contributed by atoms with Crippen LogP contribution in [0.1, 0.15) is 32.8 Å². The van der Waals surface area contributed by atoms with Crippen LogP contribution in [0, 0.1) is 0 Å². The maximum Gasteiger partial charge on any atom is 0.165 e. The van der Waals surface area contributed by atoms with Gasteiger partial charge in [-0.3, -0.25) is 0 Å². The Kier molecular flexibility index (Phi) is 8.07. The van der Waals surface area contributed by atoms with Gasteiger partial charge in [-0.2, -0.15) is 0 Å². The van der Waals surface area contributed by atoms with Crippen LogP contribution in [-0.4, -0.2) is 33.0 Å². The molecule has 0 aliphatic heterocycles. The molecule has 0 aliphatic carbocycles. The van der Waals surface area contributed by atoms with Gasteiger partial charge in [0.05, 0.1) is 13.7 Å². The Morgan fingerprint density at radius 3 is 2.65 bits per heavy atom. The molecule has 0 heterocycles. The molecule has 1 atom stereocenters. The largest absolute Gasteiger partial charge is 0.493 e. The summed E-state index contributed by atoms with van der Waals surface area (Å²) >= 11 is 0. The molecule has 20 heavy (non-hydrogen) atoms. The van der Waals surface area contributed by atoms with Crippen LogP contribution in [0.3, 0.4) is 0 Å². The van der Waals surface area contributed by atoms with Crippen LogP contribution in [0.5, 0.6) is 11.5 Å². The summed E-state index contributed by atoms with van der Waals surface area (Å²) in [5, 5.41) is 3.48. The maximum atomic E-state index is 5.84. The first kappa shape index (κ1) is 16.8. The van der Waals surface area contributed by atoms with E-state index in [0.29, 0.717) is 25.9 Å². The van der Waals surface area contributed by atoms with Gasteiger partial charge in [0, 0.05) is 24.8 Å². The molecule has 0 amide bonds. The van der Waals surface area contributed by atoms with E-state index in [1.54, 1.807) is 7.11 Å². The zero-order valence-corrected chi connectivity index (χ0v) is 13.1. The van der Waals surface area contributed by atoms with Gasteiger partial charge >= 0.3 is 0 Å². The highest BCUT2D eigenvalue weighted by atomic mass is 16.5. The Balaban J connectivity index is 2.70. The minimum Gasteiger partial charge on any atom is -0.493 e. The molecule has 1 aromatic carbocycles. The molecule has 1 aromatic rings. The lowest BCUT2D eigenvalue weighted by atomic mass is 10.1. The number of hydrogen-bond donors (Lipinski definition) is 1. The van der Waals surface area contributed by atoms with Crippen LogP contribution in [0.2, 0.25) is 0 Å². The summed E-state index contributed by atoms with van der Waals surface area (Å²) in [4.78, 5) is 0. The molecule has 1 N–H and O–H groups in total. The topological polar surface area (TPSA) is 39.7 Å². The Morgan fingerprint density at radius 2 is 2.00 bits per heavy atom. The summed E-state index contributed by atoms with van der Waals surface area (Å²) in [5.74, 6) is 1.58. The third-order valence-corrected chi connectivity index (χ3v) is 3.21. The van der Waals surface area contributed by atoms with Crippen molar-refractivity contribution in [2.45, 2.75) is 39.8 Å². The number of benzene rings is 1. The van der Waals surface area contributed by atoms with Crippen LogP contribution < -0.4 is 14.8 Å².